The lowest BCUT2D eigenvalue weighted by molar-refractivity contribution is -0.122. The van der Waals surface area contributed by atoms with Crippen molar-refractivity contribution in [2.75, 3.05) is 6.61 Å². The van der Waals surface area contributed by atoms with Crippen molar-refractivity contribution in [3.05, 3.63) is 41.0 Å². The smallest absolute Gasteiger partial charge is 0.402 e. The molecule has 15 heteroatoms. The zero-order valence-corrected chi connectivity index (χ0v) is 16.5. The van der Waals surface area contributed by atoms with E-state index in [1.165, 1.54) is 4.68 Å². The van der Waals surface area contributed by atoms with E-state index in [2.05, 4.69) is 25.5 Å². The first kappa shape index (κ1) is 25.8. The van der Waals surface area contributed by atoms with E-state index >= 15 is 0 Å². The minimum absolute atomic E-state index is 0. The Kier molecular flexibility index (Phi) is 10.7. The van der Waals surface area contributed by atoms with Crippen LogP contribution in [0.1, 0.15) is 36.7 Å². The SMILES string of the molecule is Cl.NC(CCCCOB(O)O)c1nnnn1CC(=O)NCc1cc(F)c(F)c(F)c1. The highest BCUT2D eigenvalue weighted by Gasteiger charge is 2.17. The predicted octanol–water partition coefficient (Wildman–Crippen LogP) is -0.0152. The number of amides is 1. The van der Waals surface area contributed by atoms with Gasteiger partial charge in [0.25, 0.3) is 0 Å². The molecular formula is C15H21BClF3N6O4. The Balaban J connectivity index is 0.00000450. The van der Waals surface area contributed by atoms with E-state index in [0.717, 1.165) is 12.1 Å². The van der Waals surface area contributed by atoms with Crippen molar-refractivity contribution in [1.29, 1.82) is 0 Å². The third kappa shape index (κ3) is 7.87. The molecule has 1 atom stereocenters. The van der Waals surface area contributed by atoms with E-state index in [9.17, 15) is 18.0 Å². The quantitative estimate of drug-likeness (QED) is 0.211. The first-order valence-corrected chi connectivity index (χ1v) is 8.67. The molecule has 1 aromatic heterocycles. The summed E-state index contributed by atoms with van der Waals surface area (Å²) in [5.74, 6) is -4.54. The number of aromatic nitrogens is 4. The van der Waals surface area contributed by atoms with Crippen molar-refractivity contribution in [1.82, 2.24) is 25.5 Å². The Labute approximate surface area is 176 Å². The van der Waals surface area contributed by atoms with Crippen LogP contribution in [0.4, 0.5) is 13.2 Å². The number of hydrogen-bond donors (Lipinski definition) is 4. The fourth-order valence-electron chi connectivity index (χ4n) is 2.48. The number of unbranched alkanes of at least 4 members (excludes halogenated alkanes) is 1. The second kappa shape index (κ2) is 12.4. The molecule has 0 fully saturated rings. The molecule has 0 radical (unpaired) electrons. The minimum Gasteiger partial charge on any atom is -0.402 e. The molecule has 0 saturated carbocycles. The van der Waals surface area contributed by atoms with Crippen LogP contribution in [0.5, 0.6) is 0 Å². The second-order valence-corrected chi connectivity index (χ2v) is 6.14. The van der Waals surface area contributed by atoms with Crippen molar-refractivity contribution < 1.29 is 32.7 Å². The molecule has 1 aromatic carbocycles. The molecule has 10 nitrogen and oxygen atoms in total. The summed E-state index contributed by atoms with van der Waals surface area (Å²) in [4.78, 5) is 12.1. The lowest BCUT2D eigenvalue weighted by Crippen LogP contribution is -2.29. The van der Waals surface area contributed by atoms with Gasteiger partial charge in [-0.25, -0.2) is 17.9 Å². The molecule has 0 bridgehead atoms. The minimum atomic E-state index is -1.82. The molecular weight excluding hydrogens is 431 g/mol. The number of benzene rings is 1. The molecule has 2 aromatic rings. The number of nitrogens with zero attached hydrogens (tertiary/aromatic N) is 4. The van der Waals surface area contributed by atoms with Crippen LogP contribution in [0.3, 0.4) is 0 Å². The molecule has 166 valence electrons. The summed E-state index contributed by atoms with van der Waals surface area (Å²) in [7, 11) is -1.82. The Bertz CT molecular complexity index is 808. The van der Waals surface area contributed by atoms with E-state index in [4.69, 9.17) is 15.8 Å². The van der Waals surface area contributed by atoms with Gasteiger partial charge < -0.3 is 25.8 Å². The predicted molar refractivity (Wildman–Crippen MR) is 100 cm³/mol. The van der Waals surface area contributed by atoms with Crippen LogP contribution in [-0.4, -0.2) is 50.1 Å². The van der Waals surface area contributed by atoms with Crippen molar-refractivity contribution in [2.24, 2.45) is 5.73 Å². The number of nitrogens with one attached hydrogen (secondary N) is 1. The summed E-state index contributed by atoms with van der Waals surface area (Å²) in [5, 5.41) is 30.6. The van der Waals surface area contributed by atoms with Crippen LogP contribution >= 0.6 is 12.4 Å². The standard InChI is InChI=1S/C15H20BF3N6O4.ClH/c17-10-5-9(6-11(18)14(10)19)7-21-13(26)8-25-15(22-23-24-25)12(20)3-1-2-4-29-16(27)28;/h5-6,12,27-28H,1-4,7-8,20H2,(H,21,26);1H. The molecule has 0 aliphatic rings. The molecule has 0 spiro atoms. The van der Waals surface area contributed by atoms with Gasteiger partial charge in [-0.2, -0.15) is 0 Å². The summed E-state index contributed by atoms with van der Waals surface area (Å²) in [5.41, 5.74) is 6.07. The van der Waals surface area contributed by atoms with E-state index in [1.807, 2.05) is 0 Å². The van der Waals surface area contributed by atoms with Gasteiger partial charge in [-0.3, -0.25) is 4.79 Å². The molecule has 2 rings (SSSR count). The highest BCUT2D eigenvalue weighted by atomic mass is 35.5. The third-order valence-corrected chi connectivity index (χ3v) is 3.89. The molecule has 1 heterocycles. The van der Waals surface area contributed by atoms with Crippen LogP contribution in [0.2, 0.25) is 0 Å². The van der Waals surface area contributed by atoms with Crippen molar-refractivity contribution in [3.63, 3.8) is 0 Å². The number of halogens is 4. The maximum Gasteiger partial charge on any atom is 0.633 e. The molecule has 30 heavy (non-hydrogen) atoms. The number of tetrazole rings is 1. The monoisotopic (exact) mass is 452 g/mol. The first-order chi connectivity index (χ1) is 13.8. The Morgan fingerprint density at radius 2 is 1.93 bits per heavy atom. The Hall–Kier alpha value is -2.26. The van der Waals surface area contributed by atoms with Gasteiger partial charge in [-0.05, 0) is 47.4 Å². The number of nitrogens with two attached hydrogens (primary N) is 1. The van der Waals surface area contributed by atoms with Gasteiger partial charge >= 0.3 is 7.32 Å². The Morgan fingerprint density at radius 3 is 2.57 bits per heavy atom. The molecule has 0 aliphatic carbocycles. The fraction of sp³-hybridized carbons (Fsp3) is 0.467. The number of hydrogen-bond acceptors (Lipinski definition) is 8. The fourth-order valence-corrected chi connectivity index (χ4v) is 2.48. The third-order valence-electron chi connectivity index (χ3n) is 3.89. The average Bonchev–Trinajstić information content (AvgIpc) is 3.11. The topological polar surface area (TPSA) is 148 Å². The molecule has 0 aliphatic heterocycles. The van der Waals surface area contributed by atoms with E-state index < -0.39 is 36.7 Å². The average molecular weight is 453 g/mol. The summed E-state index contributed by atoms with van der Waals surface area (Å²) in [6, 6.07) is 1.00. The lowest BCUT2D eigenvalue weighted by Gasteiger charge is -2.12. The van der Waals surface area contributed by atoms with Crippen LogP contribution < -0.4 is 11.1 Å². The zero-order valence-electron chi connectivity index (χ0n) is 15.7. The highest BCUT2D eigenvalue weighted by molar-refractivity contribution is 6.32. The summed E-state index contributed by atoms with van der Waals surface area (Å²) >= 11 is 0. The lowest BCUT2D eigenvalue weighted by atomic mass is 10.1. The highest BCUT2D eigenvalue weighted by Crippen LogP contribution is 2.15. The largest absolute Gasteiger partial charge is 0.633 e. The molecule has 5 N–H and O–H groups in total. The van der Waals surface area contributed by atoms with Crippen molar-refractivity contribution in [2.45, 2.75) is 38.4 Å². The number of carbonyl (C=O) groups is 1. The molecule has 1 unspecified atom stereocenters. The van der Waals surface area contributed by atoms with Gasteiger partial charge in [0.1, 0.15) is 6.54 Å². The number of carbonyl (C=O) groups excluding carboxylic acids is 1. The summed E-state index contributed by atoms with van der Waals surface area (Å²) in [6.45, 7) is -0.350. The normalized spacial score (nSPS) is 11.7. The molecule has 0 saturated heterocycles. The van der Waals surface area contributed by atoms with Gasteiger partial charge in [0.15, 0.2) is 23.3 Å². The van der Waals surface area contributed by atoms with Gasteiger partial charge in [0.05, 0.1) is 6.04 Å². The van der Waals surface area contributed by atoms with E-state index in [1.54, 1.807) is 0 Å². The maximum atomic E-state index is 13.2. The van der Waals surface area contributed by atoms with Gasteiger partial charge in [-0.15, -0.1) is 17.5 Å². The molecule has 1 amide bonds. The second-order valence-electron chi connectivity index (χ2n) is 6.14. The zero-order chi connectivity index (χ0) is 21.4. The van der Waals surface area contributed by atoms with Crippen molar-refractivity contribution in [3.8, 4) is 0 Å². The summed E-state index contributed by atoms with van der Waals surface area (Å²) in [6.07, 6.45) is 1.58. The van der Waals surface area contributed by atoms with Crippen LogP contribution in [0, 0.1) is 17.5 Å². The van der Waals surface area contributed by atoms with Crippen LogP contribution in [0.25, 0.3) is 0 Å². The van der Waals surface area contributed by atoms with E-state index in [0.29, 0.717) is 19.3 Å². The number of rotatable bonds is 11. The van der Waals surface area contributed by atoms with Crippen LogP contribution in [-0.2, 0) is 22.5 Å². The van der Waals surface area contributed by atoms with Gasteiger partial charge in [0, 0.05) is 13.2 Å². The summed E-state index contributed by atoms with van der Waals surface area (Å²) < 4.78 is 45.1. The van der Waals surface area contributed by atoms with Crippen molar-refractivity contribution >= 4 is 25.6 Å². The van der Waals surface area contributed by atoms with Gasteiger partial charge in [-0.1, -0.05) is 0 Å². The van der Waals surface area contributed by atoms with E-state index in [-0.39, 0.29) is 43.5 Å². The van der Waals surface area contributed by atoms with Crippen LogP contribution in [0.15, 0.2) is 12.1 Å². The Morgan fingerprint density at radius 1 is 1.27 bits per heavy atom. The first-order valence-electron chi connectivity index (χ1n) is 8.67. The van der Waals surface area contributed by atoms with Gasteiger partial charge in [0.2, 0.25) is 5.91 Å². The maximum absolute atomic E-state index is 13.2.